The van der Waals surface area contributed by atoms with E-state index in [4.69, 9.17) is 10.5 Å². The summed E-state index contributed by atoms with van der Waals surface area (Å²) in [6.45, 7) is 2.27. The Hall–Kier alpha value is -1.82. The first-order valence-corrected chi connectivity index (χ1v) is 6.34. The van der Waals surface area contributed by atoms with Gasteiger partial charge in [-0.2, -0.15) is 0 Å². The Morgan fingerprint density at radius 1 is 1.68 bits per heavy atom. The minimum Gasteiger partial charge on any atom is -0.478 e. The van der Waals surface area contributed by atoms with E-state index in [1.807, 2.05) is 4.90 Å². The number of nitrogens with zero attached hydrogens (tertiary/aromatic N) is 2. The molecule has 1 aliphatic rings. The highest BCUT2D eigenvalue weighted by molar-refractivity contribution is 5.94. The van der Waals surface area contributed by atoms with Crippen LogP contribution in [0.1, 0.15) is 23.2 Å². The van der Waals surface area contributed by atoms with Crippen molar-refractivity contribution in [1.29, 1.82) is 0 Å². The normalized spacial score (nSPS) is 19.4. The van der Waals surface area contributed by atoms with Crippen LogP contribution in [-0.2, 0) is 4.74 Å². The summed E-state index contributed by atoms with van der Waals surface area (Å²) in [4.78, 5) is 17.5. The quantitative estimate of drug-likeness (QED) is 0.851. The molecule has 0 spiro atoms. The Morgan fingerprint density at radius 3 is 3.16 bits per heavy atom. The largest absolute Gasteiger partial charge is 0.478 e. The predicted molar refractivity (Wildman–Crippen MR) is 72.4 cm³/mol. The zero-order valence-electron chi connectivity index (χ0n) is 11.0. The first-order chi connectivity index (χ1) is 9.11. The molecule has 0 aliphatic carbocycles. The summed E-state index contributed by atoms with van der Waals surface area (Å²) >= 11 is 0. The number of nitrogens with two attached hydrogens (primary N) is 1. The van der Waals surface area contributed by atoms with Gasteiger partial charge in [0, 0.05) is 20.2 Å². The van der Waals surface area contributed by atoms with E-state index in [1.165, 1.54) is 12.3 Å². The molecule has 1 fully saturated rings. The van der Waals surface area contributed by atoms with Gasteiger partial charge in [0.25, 0.3) is 0 Å². The average Bonchev–Trinajstić information content (AvgIpc) is 2.39. The van der Waals surface area contributed by atoms with Crippen LogP contribution in [0, 0.1) is 5.92 Å². The molecule has 1 saturated heterocycles. The summed E-state index contributed by atoms with van der Waals surface area (Å²) in [5.41, 5.74) is 6.14. The number of nitrogen functional groups attached to an aromatic ring is 1. The van der Waals surface area contributed by atoms with Gasteiger partial charge >= 0.3 is 5.97 Å². The highest BCUT2D eigenvalue weighted by Crippen LogP contribution is 2.25. The second-order valence-electron chi connectivity index (χ2n) is 4.85. The summed E-state index contributed by atoms with van der Waals surface area (Å²) in [5.74, 6) is -0.0779. The van der Waals surface area contributed by atoms with Crippen LogP contribution in [0.5, 0.6) is 0 Å². The van der Waals surface area contributed by atoms with E-state index in [0.717, 1.165) is 25.9 Å². The summed E-state index contributed by atoms with van der Waals surface area (Å²) in [7, 11) is 1.68. The number of piperidine rings is 1. The fourth-order valence-electron chi connectivity index (χ4n) is 2.51. The van der Waals surface area contributed by atoms with Crippen LogP contribution < -0.4 is 10.6 Å². The minimum absolute atomic E-state index is 0.165. The molecular formula is C13H19N3O3. The fourth-order valence-corrected chi connectivity index (χ4v) is 2.51. The molecule has 6 heteroatoms. The Labute approximate surface area is 112 Å². The Morgan fingerprint density at radius 2 is 2.47 bits per heavy atom. The van der Waals surface area contributed by atoms with Crippen LogP contribution in [-0.4, -0.2) is 42.9 Å². The molecule has 0 amide bonds. The highest BCUT2D eigenvalue weighted by atomic mass is 16.5. The second kappa shape index (κ2) is 5.88. The maximum absolute atomic E-state index is 11.3. The second-order valence-corrected chi connectivity index (χ2v) is 4.85. The molecule has 1 unspecified atom stereocenters. The van der Waals surface area contributed by atoms with Crippen LogP contribution in [0.2, 0.25) is 0 Å². The molecule has 104 valence electrons. The van der Waals surface area contributed by atoms with Gasteiger partial charge < -0.3 is 20.5 Å². The lowest BCUT2D eigenvalue weighted by molar-refractivity contribution is 0.0697. The lowest BCUT2D eigenvalue weighted by atomic mass is 9.98. The molecule has 0 bridgehead atoms. The lowest BCUT2D eigenvalue weighted by Crippen LogP contribution is -2.38. The average molecular weight is 265 g/mol. The molecule has 0 saturated carbocycles. The van der Waals surface area contributed by atoms with Gasteiger partial charge in [-0.3, -0.25) is 0 Å². The molecule has 1 aliphatic heterocycles. The molecule has 19 heavy (non-hydrogen) atoms. The topological polar surface area (TPSA) is 88.7 Å². The van der Waals surface area contributed by atoms with Gasteiger partial charge in [0.15, 0.2) is 0 Å². The number of hydrogen-bond donors (Lipinski definition) is 2. The Balaban J connectivity index is 2.23. The van der Waals surface area contributed by atoms with E-state index >= 15 is 0 Å². The first-order valence-electron chi connectivity index (χ1n) is 6.34. The number of aromatic carboxylic acids is 1. The van der Waals surface area contributed by atoms with Gasteiger partial charge in [0.1, 0.15) is 11.4 Å². The third-order valence-electron chi connectivity index (χ3n) is 3.34. The van der Waals surface area contributed by atoms with Crippen LogP contribution in [0.4, 0.5) is 11.5 Å². The maximum atomic E-state index is 11.3. The number of rotatable bonds is 4. The molecule has 0 aromatic carbocycles. The number of hydrogen-bond acceptors (Lipinski definition) is 5. The Kier molecular flexibility index (Phi) is 4.21. The van der Waals surface area contributed by atoms with Crippen molar-refractivity contribution in [3.05, 3.63) is 17.8 Å². The van der Waals surface area contributed by atoms with Crippen molar-refractivity contribution in [2.75, 3.05) is 37.4 Å². The summed E-state index contributed by atoms with van der Waals surface area (Å²) in [6, 6.07) is 1.46. The molecule has 1 aromatic rings. The number of carboxylic acid groups (broad SMARTS) is 1. The SMILES string of the molecule is COCC1CCCN(c2ncc(N)cc2C(=O)O)C1. The van der Waals surface area contributed by atoms with E-state index in [0.29, 0.717) is 24.0 Å². The van der Waals surface area contributed by atoms with Gasteiger partial charge in [0.05, 0.1) is 18.5 Å². The molecule has 3 N–H and O–H groups in total. The summed E-state index contributed by atoms with van der Waals surface area (Å²) in [6.07, 6.45) is 3.61. The van der Waals surface area contributed by atoms with Crippen molar-refractivity contribution in [2.45, 2.75) is 12.8 Å². The zero-order chi connectivity index (χ0) is 13.8. The van der Waals surface area contributed by atoms with E-state index in [9.17, 15) is 9.90 Å². The smallest absolute Gasteiger partial charge is 0.339 e. The number of anilines is 2. The van der Waals surface area contributed by atoms with E-state index < -0.39 is 5.97 Å². The summed E-state index contributed by atoms with van der Waals surface area (Å²) in [5, 5.41) is 9.24. The highest BCUT2D eigenvalue weighted by Gasteiger charge is 2.24. The lowest BCUT2D eigenvalue weighted by Gasteiger charge is -2.33. The van der Waals surface area contributed by atoms with E-state index in [2.05, 4.69) is 4.98 Å². The Bertz CT molecular complexity index is 462. The van der Waals surface area contributed by atoms with Crippen LogP contribution >= 0.6 is 0 Å². The van der Waals surface area contributed by atoms with Crippen molar-refractivity contribution < 1.29 is 14.6 Å². The van der Waals surface area contributed by atoms with Crippen LogP contribution in [0.15, 0.2) is 12.3 Å². The summed E-state index contributed by atoms with van der Waals surface area (Å²) < 4.78 is 5.18. The van der Waals surface area contributed by atoms with E-state index in [1.54, 1.807) is 7.11 Å². The molecule has 2 rings (SSSR count). The third kappa shape index (κ3) is 3.14. The van der Waals surface area contributed by atoms with Crippen molar-refractivity contribution in [3.8, 4) is 0 Å². The standard InChI is InChI=1S/C13H19N3O3/c1-19-8-9-3-2-4-16(7-9)12-11(13(17)18)5-10(14)6-15-12/h5-6,9H,2-4,7-8,14H2,1H3,(H,17,18). The zero-order valence-corrected chi connectivity index (χ0v) is 11.0. The van der Waals surface area contributed by atoms with Crippen molar-refractivity contribution in [2.24, 2.45) is 5.92 Å². The monoisotopic (exact) mass is 265 g/mol. The van der Waals surface area contributed by atoms with Gasteiger partial charge in [-0.15, -0.1) is 0 Å². The van der Waals surface area contributed by atoms with Gasteiger partial charge in [0.2, 0.25) is 0 Å². The fraction of sp³-hybridized carbons (Fsp3) is 0.538. The van der Waals surface area contributed by atoms with Crippen LogP contribution in [0.25, 0.3) is 0 Å². The van der Waals surface area contributed by atoms with E-state index in [-0.39, 0.29) is 5.56 Å². The first kappa shape index (κ1) is 13.6. The molecule has 2 heterocycles. The van der Waals surface area contributed by atoms with Gasteiger partial charge in [-0.1, -0.05) is 0 Å². The molecule has 1 aromatic heterocycles. The van der Waals surface area contributed by atoms with Gasteiger partial charge in [-0.05, 0) is 24.8 Å². The number of aromatic nitrogens is 1. The minimum atomic E-state index is -0.997. The third-order valence-corrected chi connectivity index (χ3v) is 3.34. The van der Waals surface area contributed by atoms with Crippen molar-refractivity contribution in [3.63, 3.8) is 0 Å². The molecular weight excluding hydrogens is 246 g/mol. The molecule has 1 atom stereocenters. The maximum Gasteiger partial charge on any atom is 0.339 e. The van der Waals surface area contributed by atoms with Crippen molar-refractivity contribution in [1.82, 2.24) is 4.98 Å². The molecule has 0 radical (unpaired) electrons. The van der Waals surface area contributed by atoms with Gasteiger partial charge in [-0.25, -0.2) is 9.78 Å². The number of pyridine rings is 1. The molecule has 6 nitrogen and oxygen atoms in total. The number of carboxylic acids is 1. The van der Waals surface area contributed by atoms with Crippen molar-refractivity contribution >= 4 is 17.5 Å². The number of carbonyl (C=O) groups is 1. The predicted octanol–water partition coefficient (Wildman–Crippen LogP) is 1.22. The van der Waals surface area contributed by atoms with Crippen LogP contribution in [0.3, 0.4) is 0 Å². The number of methoxy groups -OCH3 is 1. The number of ether oxygens (including phenoxy) is 1.